The number of carbonyl (C=O) groups excluding carboxylic acids is 1. The average molecular weight is 342 g/mol. The first-order chi connectivity index (χ1) is 10.6. The first kappa shape index (κ1) is 15.9. The Morgan fingerprint density at radius 1 is 1.09 bits per heavy atom. The normalized spacial score (nSPS) is 20.4. The van der Waals surface area contributed by atoms with Crippen molar-refractivity contribution in [2.45, 2.75) is 31.7 Å². The number of rotatable bonds is 2. The summed E-state index contributed by atoms with van der Waals surface area (Å²) in [4.78, 5) is 16.7. The van der Waals surface area contributed by atoms with E-state index in [1.165, 1.54) is 25.7 Å². The third kappa shape index (κ3) is 3.50. The van der Waals surface area contributed by atoms with Crippen molar-refractivity contribution in [3.05, 3.63) is 28.2 Å². The number of piperazine rings is 1. The number of nitrogens with zero attached hydrogens (tertiary/aromatic N) is 2. The van der Waals surface area contributed by atoms with Crippen LogP contribution in [0.15, 0.2) is 18.2 Å². The van der Waals surface area contributed by atoms with Crippen molar-refractivity contribution in [2.75, 3.05) is 31.5 Å². The predicted octanol–water partition coefficient (Wildman–Crippen LogP) is 4.09. The van der Waals surface area contributed by atoms with Crippen molar-refractivity contribution >= 4 is 34.9 Å². The smallest absolute Gasteiger partial charge is 0.321 e. The van der Waals surface area contributed by atoms with Crippen LogP contribution in [-0.2, 0) is 0 Å². The molecule has 120 valence electrons. The summed E-state index contributed by atoms with van der Waals surface area (Å²) in [5.41, 5.74) is 0.567. The molecule has 0 aromatic heterocycles. The zero-order valence-electron chi connectivity index (χ0n) is 12.5. The molecule has 1 aromatic rings. The lowest BCUT2D eigenvalue weighted by Crippen LogP contribution is -2.52. The summed E-state index contributed by atoms with van der Waals surface area (Å²) < 4.78 is 0. The minimum atomic E-state index is -0.102. The quantitative estimate of drug-likeness (QED) is 0.879. The van der Waals surface area contributed by atoms with E-state index in [2.05, 4.69) is 10.2 Å². The molecule has 3 rings (SSSR count). The van der Waals surface area contributed by atoms with Crippen LogP contribution in [0.4, 0.5) is 10.5 Å². The van der Waals surface area contributed by atoms with E-state index in [0.717, 1.165) is 32.2 Å². The molecule has 0 spiro atoms. The van der Waals surface area contributed by atoms with Gasteiger partial charge in [0.15, 0.2) is 0 Å². The standard InChI is InChI=1S/C16H21Cl2N3O/c17-13-6-3-7-14(15(13)18)19-16(22)21-10-8-20(9-11-21)12-4-1-2-5-12/h3,6-7,12H,1-2,4-5,8-11H2,(H,19,22). The van der Waals surface area contributed by atoms with Crippen LogP contribution in [0.2, 0.25) is 10.0 Å². The molecule has 2 fully saturated rings. The largest absolute Gasteiger partial charge is 0.322 e. The number of anilines is 1. The van der Waals surface area contributed by atoms with Crippen LogP contribution in [0.5, 0.6) is 0 Å². The SMILES string of the molecule is O=C(Nc1cccc(Cl)c1Cl)N1CCN(C2CCCC2)CC1. The van der Waals surface area contributed by atoms with Crippen molar-refractivity contribution in [3.63, 3.8) is 0 Å². The molecule has 1 saturated heterocycles. The molecule has 2 aliphatic rings. The molecule has 1 saturated carbocycles. The minimum Gasteiger partial charge on any atom is -0.322 e. The molecule has 1 heterocycles. The monoisotopic (exact) mass is 341 g/mol. The van der Waals surface area contributed by atoms with Gasteiger partial charge in [0.05, 0.1) is 15.7 Å². The molecule has 1 aliphatic heterocycles. The second kappa shape index (κ2) is 7.07. The van der Waals surface area contributed by atoms with Gasteiger partial charge in [-0.2, -0.15) is 0 Å². The highest BCUT2D eigenvalue weighted by Gasteiger charge is 2.28. The Balaban J connectivity index is 1.54. The van der Waals surface area contributed by atoms with E-state index in [1.54, 1.807) is 18.2 Å². The Morgan fingerprint density at radius 2 is 1.77 bits per heavy atom. The van der Waals surface area contributed by atoms with E-state index in [9.17, 15) is 4.79 Å². The molecule has 0 bridgehead atoms. The maximum Gasteiger partial charge on any atom is 0.321 e. The third-order valence-corrected chi connectivity index (χ3v) is 5.45. The van der Waals surface area contributed by atoms with Gasteiger partial charge in [0, 0.05) is 32.2 Å². The summed E-state index contributed by atoms with van der Waals surface area (Å²) in [5, 5.41) is 3.70. The molecule has 1 N–H and O–H groups in total. The first-order valence-electron chi connectivity index (χ1n) is 7.89. The Hall–Kier alpha value is -0.970. The van der Waals surface area contributed by atoms with Crippen molar-refractivity contribution in [1.82, 2.24) is 9.80 Å². The van der Waals surface area contributed by atoms with Crippen LogP contribution < -0.4 is 5.32 Å². The summed E-state index contributed by atoms with van der Waals surface area (Å²) in [6, 6.07) is 5.88. The zero-order chi connectivity index (χ0) is 15.5. The number of hydrogen-bond acceptors (Lipinski definition) is 2. The van der Waals surface area contributed by atoms with Crippen LogP contribution in [0.1, 0.15) is 25.7 Å². The van der Waals surface area contributed by atoms with Crippen molar-refractivity contribution in [3.8, 4) is 0 Å². The van der Waals surface area contributed by atoms with Crippen LogP contribution in [0, 0.1) is 0 Å². The van der Waals surface area contributed by atoms with Gasteiger partial charge >= 0.3 is 6.03 Å². The summed E-state index contributed by atoms with van der Waals surface area (Å²) in [5.74, 6) is 0. The van der Waals surface area contributed by atoms with Crippen molar-refractivity contribution in [2.24, 2.45) is 0 Å². The highest BCUT2D eigenvalue weighted by molar-refractivity contribution is 6.43. The summed E-state index contributed by atoms with van der Waals surface area (Å²) >= 11 is 12.1. The highest BCUT2D eigenvalue weighted by Crippen LogP contribution is 2.30. The predicted molar refractivity (Wildman–Crippen MR) is 90.9 cm³/mol. The summed E-state index contributed by atoms with van der Waals surface area (Å²) in [6.07, 6.45) is 5.31. The fraction of sp³-hybridized carbons (Fsp3) is 0.562. The van der Waals surface area contributed by atoms with E-state index in [4.69, 9.17) is 23.2 Å². The number of benzene rings is 1. The lowest BCUT2D eigenvalue weighted by Gasteiger charge is -2.38. The molecule has 0 radical (unpaired) electrons. The molecule has 6 heteroatoms. The van der Waals surface area contributed by atoms with Gasteiger partial charge in [-0.15, -0.1) is 0 Å². The molecule has 4 nitrogen and oxygen atoms in total. The van der Waals surface area contributed by atoms with Gasteiger partial charge in [-0.05, 0) is 25.0 Å². The number of amides is 2. The number of halogens is 2. The summed E-state index contributed by atoms with van der Waals surface area (Å²) in [7, 11) is 0. The van der Waals surface area contributed by atoms with Crippen LogP contribution in [0.25, 0.3) is 0 Å². The maximum atomic E-state index is 12.4. The van der Waals surface area contributed by atoms with Crippen molar-refractivity contribution < 1.29 is 4.79 Å². The van der Waals surface area contributed by atoms with Gasteiger partial charge < -0.3 is 10.2 Å². The van der Waals surface area contributed by atoms with Gasteiger partial charge in [-0.25, -0.2) is 4.79 Å². The Labute approximate surface area is 141 Å². The molecule has 22 heavy (non-hydrogen) atoms. The Kier molecular flexibility index (Phi) is 5.11. The molecular weight excluding hydrogens is 321 g/mol. The second-order valence-electron chi connectivity index (χ2n) is 5.99. The molecule has 2 amide bonds. The van der Waals surface area contributed by atoms with E-state index in [-0.39, 0.29) is 6.03 Å². The van der Waals surface area contributed by atoms with Gasteiger partial charge in [-0.3, -0.25) is 4.90 Å². The van der Waals surface area contributed by atoms with Crippen molar-refractivity contribution in [1.29, 1.82) is 0 Å². The maximum absolute atomic E-state index is 12.4. The fourth-order valence-electron chi connectivity index (χ4n) is 3.35. The van der Waals surface area contributed by atoms with Crippen LogP contribution in [0.3, 0.4) is 0 Å². The van der Waals surface area contributed by atoms with Gasteiger partial charge in [-0.1, -0.05) is 42.1 Å². The molecular formula is C16H21Cl2N3O. The van der Waals surface area contributed by atoms with E-state index in [1.807, 2.05) is 4.90 Å². The van der Waals surface area contributed by atoms with E-state index in [0.29, 0.717) is 15.7 Å². The second-order valence-corrected chi connectivity index (χ2v) is 6.78. The van der Waals surface area contributed by atoms with Crippen LogP contribution >= 0.6 is 23.2 Å². The van der Waals surface area contributed by atoms with Crippen LogP contribution in [-0.4, -0.2) is 48.1 Å². The molecule has 1 aromatic carbocycles. The number of hydrogen-bond donors (Lipinski definition) is 1. The Morgan fingerprint density at radius 3 is 2.45 bits per heavy atom. The van der Waals surface area contributed by atoms with Gasteiger partial charge in [0.25, 0.3) is 0 Å². The van der Waals surface area contributed by atoms with Gasteiger partial charge in [0.1, 0.15) is 0 Å². The Bertz CT molecular complexity index is 538. The van der Waals surface area contributed by atoms with E-state index >= 15 is 0 Å². The highest BCUT2D eigenvalue weighted by atomic mass is 35.5. The molecule has 0 atom stereocenters. The molecule has 1 aliphatic carbocycles. The lowest BCUT2D eigenvalue weighted by atomic mass is 10.2. The third-order valence-electron chi connectivity index (χ3n) is 4.64. The minimum absolute atomic E-state index is 0.102. The lowest BCUT2D eigenvalue weighted by molar-refractivity contribution is 0.115. The topological polar surface area (TPSA) is 35.6 Å². The zero-order valence-corrected chi connectivity index (χ0v) is 14.0. The van der Waals surface area contributed by atoms with Gasteiger partial charge in [0.2, 0.25) is 0 Å². The molecule has 0 unspecified atom stereocenters. The van der Waals surface area contributed by atoms with E-state index < -0.39 is 0 Å². The fourth-order valence-corrected chi connectivity index (χ4v) is 3.70. The summed E-state index contributed by atoms with van der Waals surface area (Å²) in [6.45, 7) is 3.45. The number of nitrogens with one attached hydrogen (secondary N) is 1. The number of urea groups is 1. The number of carbonyl (C=O) groups is 1. The first-order valence-corrected chi connectivity index (χ1v) is 8.65. The average Bonchev–Trinajstić information content (AvgIpc) is 3.06.